The van der Waals surface area contributed by atoms with Gasteiger partial charge in [-0.2, -0.15) is 0 Å². The van der Waals surface area contributed by atoms with Gasteiger partial charge in [-0.1, -0.05) is 48.0 Å². The Balaban J connectivity index is 1.59. The molecule has 3 aromatic carbocycles. The van der Waals surface area contributed by atoms with E-state index in [1.54, 1.807) is 48.5 Å². The second-order valence-corrected chi connectivity index (χ2v) is 6.45. The Morgan fingerprint density at radius 2 is 1.38 bits per heavy atom. The van der Waals surface area contributed by atoms with Crippen LogP contribution in [0.5, 0.6) is 5.75 Å². The number of carboxylic acid groups (broad SMARTS) is 1. The quantitative estimate of drug-likeness (QED) is 0.606. The molecule has 0 heterocycles. The van der Waals surface area contributed by atoms with Crippen LogP contribution >= 0.6 is 11.6 Å². The summed E-state index contributed by atoms with van der Waals surface area (Å²) in [6.45, 7) is -0.213. The zero-order valence-corrected chi connectivity index (χ0v) is 15.8. The van der Waals surface area contributed by atoms with Gasteiger partial charge in [0.15, 0.2) is 12.4 Å². The third-order valence-corrected chi connectivity index (χ3v) is 4.32. The summed E-state index contributed by atoms with van der Waals surface area (Å²) in [6.07, 6.45) is 0. The number of carboxylic acids is 1. The highest BCUT2D eigenvalue weighted by Gasteiger charge is 2.10. The third kappa shape index (κ3) is 5.21. The topological polar surface area (TPSA) is 95.5 Å². The Morgan fingerprint density at radius 1 is 0.828 bits per heavy atom. The van der Waals surface area contributed by atoms with Gasteiger partial charge in [-0.3, -0.25) is 9.59 Å². The summed E-state index contributed by atoms with van der Waals surface area (Å²) in [7, 11) is 0. The fourth-order valence-corrected chi connectivity index (χ4v) is 2.72. The van der Waals surface area contributed by atoms with Gasteiger partial charge in [0.25, 0.3) is 5.91 Å². The average molecular weight is 409 g/mol. The van der Waals surface area contributed by atoms with Crippen molar-refractivity contribution in [2.75, 3.05) is 11.9 Å². The van der Waals surface area contributed by atoms with Gasteiger partial charge in [0.2, 0.25) is 0 Å². The minimum Gasteiger partial charge on any atom is -0.545 e. The number of hydrogen-bond donors (Lipinski definition) is 1. The zero-order valence-electron chi connectivity index (χ0n) is 15.1. The van der Waals surface area contributed by atoms with Crippen LogP contribution in [0.1, 0.15) is 26.3 Å². The highest BCUT2D eigenvalue weighted by molar-refractivity contribution is 6.32. The van der Waals surface area contributed by atoms with E-state index in [4.69, 9.17) is 16.3 Å². The summed E-state index contributed by atoms with van der Waals surface area (Å²) in [4.78, 5) is 35.3. The summed E-state index contributed by atoms with van der Waals surface area (Å²) in [5.74, 6) is -1.53. The Hall–Kier alpha value is -3.64. The van der Waals surface area contributed by atoms with Crippen LogP contribution in [0.25, 0.3) is 0 Å². The number of ketones is 1. The lowest BCUT2D eigenvalue weighted by Gasteiger charge is -2.09. The number of para-hydroxylation sites is 1. The lowest BCUT2D eigenvalue weighted by Crippen LogP contribution is -2.22. The maximum absolute atomic E-state index is 12.5. The van der Waals surface area contributed by atoms with Crippen LogP contribution in [-0.2, 0) is 4.79 Å². The molecule has 0 unspecified atom stereocenters. The van der Waals surface area contributed by atoms with Crippen LogP contribution in [-0.4, -0.2) is 24.3 Å². The first-order valence-corrected chi connectivity index (χ1v) is 8.95. The predicted octanol–water partition coefficient (Wildman–Crippen LogP) is 2.95. The molecule has 7 heteroatoms. The van der Waals surface area contributed by atoms with E-state index in [-0.39, 0.29) is 23.9 Å². The number of benzene rings is 3. The number of ether oxygens (including phenoxy) is 1. The SMILES string of the molecule is O=C(COc1ccccc1Cl)Nc1ccc(C(=O)c2ccc(C(=O)[O-])cc2)cc1. The van der Waals surface area contributed by atoms with Gasteiger partial charge in [0, 0.05) is 16.8 Å². The number of hydrogen-bond acceptors (Lipinski definition) is 5. The number of amides is 1. The normalized spacial score (nSPS) is 10.2. The molecule has 0 aliphatic carbocycles. The molecule has 0 aliphatic rings. The van der Waals surface area contributed by atoms with Gasteiger partial charge in [0.05, 0.1) is 11.0 Å². The first-order chi connectivity index (χ1) is 13.9. The highest BCUT2D eigenvalue weighted by Crippen LogP contribution is 2.23. The van der Waals surface area contributed by atoms with Crippen molar-refractivity contribution in [1.82, 2.24) is 0 Å². The zero-order chi connectivity index (χ0) is 20.8. The monoisotopic (exact) mass is 408 g/mol. The number of carbonyl (C=O) groups is 3. The average Bonchev–Trinajstić information content (AvgIpc) is 2.73. The summed E-state index contributed by atoms with van der Waals surface area (Å²) in [6, 6.07) is 18.6. The lowest BCUT2D eigenvalue weighted by molar-refractivity contribution is -0.255. The molecule has 0 fully saturated rings. The standard InChI is InChI=1S/C22H16ClNO5/c23-18-3-1-2-4-19(18)29-13-20(25)24-17-11-9-15(10-12-17)21(26)14-5-7-16(8-6-14)22(27)28/h1-12H,13H2,(H,24,25)(H,27,28)/p-1. The van der Waals surface area contributed by atoms with E-state index in [2.05, 4.69) is 5.32 Å². The fourth-order valence-electron chi connectivity index (χ4n) is 2.53. The Kier molecular flexibility index (Phi) is 6.26. The lowest BCUT2D eigenvalue weighted by atomic mass is 10.0. The van der Waals surface area contributed by atoms with E-state index < -0.39 is 5.97 Å². The van der Waals surface area contributed by atoms with Crippen LogP contribution in [0.15, 0.2) is 72.8 Å². The fraction of sp³-hybridized carbons (Fsp3) is 0.0455. The van der Waals surface area contributed by atoms with Crippen molar-refractivity contribution < 1.29 is 24.2 Å². The van der Waals surface area contributed by atoms with Crippen molar-refractivity contribution in [2.24, 2.45) is 0 Å². The van der Waals surface area contributed by atoms with Crippen molar-refractivity contribution >= 4 is 34.9 Å². The second kappa shape index (κ2) is 9.03. The van der Waals surface area contributed by atoms with Crippen molar-refractivity contribution in [1.29, 1.82) is 0 Å². The van der Waals surface area contributed by atoms with Gasteiger partial charge in [0.1, 0.15) is 5.75 Å². The van der Waals surface area contributed by atoms with Gasteiger partial charge in [-0.05, 0) is 42.0 Å². The number of halogens is 1. The van der Waals surface area contributed by atoms with E-state index in [0.29, 0.717) is 27.6 Å². The summed E-state index contributed by atoms with van der Waals surface area (Å²) < 4.78 is 5.37. The van der Waals surface area contributed by atoms with E-state index in [1.165, 1.54) is 24.3 Å². The molecule has 0 radical (unpaired) electrons. The number of rotatable bonds is 7. The number of aromatic carboxylic acids is 1. The van der Waals surface area contributed by atoms with Crippen LogP contribution in [0, 0.1) is 0 Å². The van der Waals surface area contributed by atoms with Crippen LogP contribution in [0.4, 0.5) is 5.69 Å². The van der Waals surface area contributed by atoms with E-state index in [1.807, 2.05) is 0 Å². The van der Waals surface area contributed by atoms with Gasteiger partial charge in [-0.25, -0.2) is 0 Å². The summed E-state index contributed by atoms with van der Waals surface area (Å²) in [5, 5.41) is 13.9. The molecule has 0 atom stereocenters. The molecule has 0 saturated heterocycles. The van der Waals surface area contributed by atoms with Crippen molar-refractivity contribution in [3.8, 4) is 5.75 Å². The largest absolute Gasteiger partial charge is 0.545 e. The molecule has 6 nitrogen and oxygen atoms in total. The molecular weight excluding hydrogens is 394 g/mol. The summed E-state index contributed by atoms with van der Waals surface area (Å²) >= 11 is 5.97. The minimum absolute atomic E-state index is 0.00128. The molecule has 0 saturated carbocycles. The molecule has 0 aliphatic heterocycles. The van der Waals surface area contributed by atoms with Crippen molar-refractivity contribution in [3.05, 3.63) is 94.5 Å². The molecular formula is C22H15ClNO5-. The molecule has 29 heavy (non-hydrogen) atoms. The molecule has 1 amide bonds. The van der Waals surface area contributed by atoms with Crippen molar-refractivity contribution in [2.45, 2.75) is 0 Å². The van der Waals surface area contributed by atoms with Crippen LogP contribution in [0.2, 0.25) is 5.02 Å². The molecule has 0 aromatic heterocycles. The predicted molar refractivity (Wildman–Crippen MR) is 106 cm³/mol. The van der Waals surface area contributed by atoms with Crippen molar-refractivity contribution in [3.63, 3.8) is 0 Å². The highest BCUT2D eigenvalue weighted by atomic mass is 35.5. The smallest absolute Gasteiger partial charge is 0.262 e. The second-order valence-electron chi connectivity index (χ2n) is 6.04. The van der Waals surface area contributed by atoms with E-state index in [9.17, 15) is 19.5 Å². The Morgan fingerprint density at radius 3 is 1.97 bits per heavy atom. The van der Waals surface area contributed by atoms with E-state index >= 15 is 0 Å². The Bertz CT molecular complexity index is 1050. The molecule has 0 bridgehead atoms. The maximum Gasteiger partial charge on any atom is 0.262 e. The van der Waals surface area contributed by atoms with Gasteiger partial charge < -0.3 is 20.0 Å². The first-order valence-electron chi connectivity index (χ1n) is 8.57. The minimum atomic E-state index is -1.30. The third-order valence-electron chi connectivity index (χ3n) is 4.01. The van der Waals surface area contributed by atoms with Gasteiger partial charge in [-0.15, -0.1) is 0 Å². The van der Waals surface area contributed by atoms with Crippen LogP contribution < -0.4 is 15.2 Å². The van der Waals surface area contributed by atoms with Gasteiger partial charge >= 0.3 is 0 Å². The van der Waals surface area contributed by atoms with Crippen LogP contribution in [0.3, 0.4) is 0 Å². The number of carbonyl (C=O) groups excluding carboxylic acids is 3. The molecule has 3 aromatic rings. The molecule has 3 rings (SSSR count). The first kappa shape index (κ1) is 20.1. The molecule has 146 valence electrons. The summed E-state index contributed by atoms with van der Waals surface area (Å²) in [5.41, 5.74) is 1.25. The Labute approximate surface area is 171 Å². The van der Waals surface area contributed by atoms with E-state index in [0.717, 1.165) is 0 Å². The number of nitrogens with one attached hydrogen (secondary N) is 1. The molecule has 1 N–H and O–H groups in total. The molecule has 0 spiro atoms. The maximum atomic E-state index is 12.5. The number of anilines is 1.